The lowest BCUT2D eigenvalue weighted by Gasteiger charge is -2.46. The van der Waals surface area contributed by atoms with Gasteiger partial charge < -0.3 is 24.0 Å². The predicted octanol–water partition coefficient (Wildman–Crippen LogP) is 1.74. The first kappa shape index (κ1) is 19.8. The summed E-state index contributed by atoms with van der Waals surface area (Å²) in [6, 6.07) is 3.35. The maximum absolute atomic E-state index is 13.5. The quantitative estimate of drug-likeness (QED) is 0.755. The number of amides is 4. The number of urea groups is 1. The predicted molar refractivity (Wildman–Crippen MR) is 106 cm³/mol. The van der Waals surface area contributed by atoms with Gasteiger partial charge in [0.1, 0.15) is 0 Å². The van der Waals surface area contributed by atoms with Gasteiger partial charge >= 0.3 is 6.03 Å². The molecule has 3 aliphatic heterocycles. The Bertz CT molecular complexity index is 798. The maximum Gasteiger partial charge on any atom is 0.319 e. The zero-order valence-electron chi connectivity index (χ0n) is 17.5. The number of furan rings is 1. The van der Waals surface area contributed by atoms with E-state index >= 15 is 0 Å². The van der Waals surface area contributed by atoms with Crippen LogP contribution in [0, 0.1) is 10.8 Å². The number of carbonyl (C=O) groups excluding carboxylic acids is 3. The first-order valence-electron chi connectivity index (χ1n) is 10.4. The van der Waals surface area contributed by atoms with E-state index in [0.717, 1.165) is 25.8 Å². The number of piperidine rings is 1. The van der Waals surface area contributed by atoms with Crippen molar-refractivity contribution in [1.82, 2.24) is 19.6 Å². The van der Waals surface area contributed by atoms with Crippen molar-refractivity contribution in [3.8, 4) is 0 Å². The molecule has 1 atom stereocenters. The molecule has 3 aliphatic rings. The highest BCUT2D eigenvalue weighted by atomic mass is 16.3. The number of likely N-dealkylation sites (tertiary alicyclic amines) is 3. The standard InChI is InChI=1S/C21H30N4O4/c1-4-23-12-9-21(18(23)27)15-25(19(28)22(2)3)14-20(21)7-10-24(11-8-20)17(26)16-6-5-13-29-16/h5-6,13H,4,7-12,14-15H2,1-3H3/t21-/m1/s1. The minimum absolute atomic E-state index is 0.0434. The van der Waals surface area contributed by atoms with Crippen molar-refractivity contribution < 1.29 is 18.8 Å². The van der Waals surface area contributed by atoms with E-state index in [0.29, 0.717) is 38.5 Å². The minimum atomic E-state index is -0.533. The van der Waals surface area contributed by atoms with Crippen LogP contribution in [0.2, 0.25) is 0 Å². The van der Waals surface area contributed by atoms with E-state index in [-0.39, 0.29) is 23.3 Å². The molecule has 0 radical (unpaired) electrons. The molecule has 4 heterocycles. The number of rotatable bonds is 2. The first-order valence-corrected chi connectivity index (χ1v) is 10.4. The van der Waals surface area contributed by atoms with Crippen LogP contribution in [0.5, 0.6) is 0 Å². The van der Waals surface area contributed by atoms with Crippen LogP contribution in [0.4, 0.5) is 4.79 Å². The van der Waals surface area contributed by atoms with Gasteiger partial charge in [0.05, 0.1) is 11.7 Å². The number of carbonyl (C=O) groups is 3. The molecule has 2 spiro atoms. The van der Waals surface area contributed by atoms with Gasteiger partial charge in [-0.3, -0.25) is 9.59 Å². The van der Waals surface area contributed by atoms with Gasteiger partial charge in [-0.25, -0.2) is 4.79 Å². The molecule has 8 nitrogen and oxygen atoms in total. The summed E-state index contributed by atoms with van der Waals surface area (Å²) < 4.78 is 5.27. The molecule has 0 aliphatic carbocycles. The Morgan fingerprint density at radius 2 is 1.83 bits per heavy atom. The highest BCUT2D eigenvalue weighted by Crippen LogP contribution is 2.58. The lowest BCUT2D eigenvalue weighted by molar-refractivity contribution is -0.141. The van der Waals surface area contributed by atoms with E-state index in [2.05, 4.69) is 0 Å². The Balaban J connectivity index is 1.59. The SMILES string of the molecule is CCN1CC[C@@]2(CN(C(=O)N(C)C)CC23CCN(C(=O)c2ccco2)CC3)C1=O. The van der Waals surface area contributed by atoms with Crippen LogP contribution in [0.1, 0.15) is 36.7 Å². The van der Waals surface area contributed by atoms with Crippen LogP contribution in [0.15, 0.2) is 22.8 Å². The van der Waals surface area contributed by atoms with E-state index in [4.69, 9.17) is 4.42 Å². The van der Waals surface area contributed by atoms with E-state index in [1.165, 1.54) is 6.26 Å². The Kier molecular flexibility index (Phi) is 4.83. The van der Waals surface area contributed by atoms with Gasteiger partial charge in [0.2, 0.25) is 5.91 Å². The number of hydrogen-bond acceptors (Lipinski definition) is 4. The molecule has 0 aromatic carbocycles. The van der Waals surface area contributed by atoms with Crippen molar-refractivity contribution in [3.63, 3.8) is 0 Å². The molecule has 0 saturated carbocycles. The monoisotopic (exact) mass is 402 g/mol. The molecule has 3 saturated heterocycles. The van der Waals surface area contributed by atoms with E-state index < -0.39 is 5.41 Å². The topological polar surface area (TPSA) is 77.3 Å². The normalized spacial score (nSPS) is 26.0. The van der Waals surface area contributed by atoms with E-state index in [9.17, 15) is 14.4 Å². The van der Waals surface area contributed by atoms with Crippen molar-refractivity contribution in [2.75, 3.05) is 53.4 Å². The summed E-state index contributed by atoms with van der Waals surface area (Å²) >= 11 is 0. The third kappa shape index (κ3) is 2.91. The van der Waals surface area contributed by atoms with E-state index in [1.54, 1.807) is 31.1 Å². The van der Waals surface area contributed by atoms with Crippen molar-refractivity contribution >= 4 is 17.8 Å². The molecule has 1 aromatic heterocycles. The average Bonchev–Trinajstić information content (AvgIpc) is 3.42. The van der Waals surface area contributed by atoms with Crippen LogP contribution in [-0.2, 0) is 4.79 Å². The Hall–Kier alpha value is -2.51. The second-order valence-corrected chi connectivity index (χ2v) is 8.80. The molecule has 8 heteroatoms. The van der Waals surface area contributed by atoms with Gasteiger partial charge in [-0.05, 0) is 38.3 Å². The van der Waals surface area contributed by atoms with Crippen LogP contribution < -0.4 is 0 Å². The molecule has 29 heavy (non-hydrogen) atoms. The van der Waals surface area contributed by atoms with Crippen molar-refractivity contribution in [3.05, 3.63) is 24.2 Å². The Labute approximate surface area is 171 Å². The highest BCUT2D eigenvalue weighted by molar-refractivity contribution is 5.92. The Morgan fingerprint density at radius 3 is 2.38 bits per heavy atom. The molecule has 4 rings (SSSR count). The summed E-state index contributed by atoms with van der Waals surface area (Å²) in [4.78, 5) is 46.1. The molecule has 0 bridgehead atoms. The molecule has 3 fully saturated rings. The van der Waals surface area contributed by atoms with Crippen LogP contribution in [-0.4, -0.2) is 90.8 Å². The maximum atomic E-state index is 13.5. The molecule has 0 unspecified atom stereocenters. The van der Waals surface area contributed by atoms with Crippen LogP contribution in [0.3, 0.4) is 0 Å². The van der Waals surface area contributed by atoms with Gasteiger partial charge in [-0.1, -0.05) is 0 Å². The molecule has 1 aromatic rings. The van der Waals surface area contributed by atoms with Gasteiger partial charge in [-0.2, -0.15) is 0 Å². The second kappa shape index (κ2) is 7.07. The zero-order valence-corrected chi connectivity index (χ0v) is 17.5. The van der Waals surface area contributed by atoms with Crippen molar-refractivity contribution in [2.45, 2.75) is 26.2 Å². The zero-order chi connectivity index (χ0) is 20.8. The average molecular weight is 402 g/mol. The lowest BCUT2D eigenvalue weighted by Crippen LogP contribution is -2.53. The van der Waals surface area contributed by atoms with Gasteiger partial charge in [0.25, 0.3) is 5.91 Å². The largest absolute Gasteiger partial charge is 0.459 e. The number of hydrogen-bond donors (Lipinski definition) is 0. The number of nitrogens with zero attached hydrogens (tertiary/aromatic N) is 4. The fourth-order valence-corrected chi connectivity index (χ4v) is 5.59. The smallest absolute Gasteiger partial charge is 0.319 e. The summed E-state index contributed by atoms with van der Waals surface area (Å²) in [5.74, 6) is 0.423. The third-order valence-corrected chi connectivity index (χ3v) is 7.25. The minimum Gasteiger partial charge on any atom is -0.459 e. The molecular weight excluding hydrogens is 372 g/mol. The van der Waals surface area contributed by atoms with Gasteiger partial charge in [0, 0.05) is 58.8 Å². The second-order valence-electron chi connectivity index (χ2n) is 8.80. The lowest BCUT2D eigenvalue weighted by atomic mass is 9.60. The van der Waals surface area contributed by atoms with E-state index in [1.807, 2.05) is 21.6 Å². The highest BCUT2D eigenvalue weighted by Gasteiger charge is 2.66. The third-order valence-electron chi connectivity index (χ3n) is 7.25. The fraction of sp³-hybridized carbons (Fsp3) is 0.667. The van der Waals surface area contributed by atoms with Crippen molar-refractivity contribution in [2.24, 2.45) is 10.8 Å². The first-order chi connectivity index (χ1) is 13.8. The Morgan fingerprint density at radius 1 is 1.10 bits per heavy atom. The molecule has 0 N–H and O–H groups in total. The molecule has 4 amide bonds. The summed E-state index contributed by atoms with van der Waals surface area (Å²) in [7, 11) is 3.50. The van der Waals surface area contributed by atoms with Gasteiger partial charge in [-0.15, -0.1) is 0 Å². The number of fused-ring (bicyclic) bond motifs is 1. The van der Waals surface area contributed by atoms with Crippen LogP contribution >= 0.6 is 0 Å². The molecule has 158 valence electrons. The summed E-state index contributed by atoms with van der Waals surface area (Å²) in [5.41, 5.74) is -0.811. The summed E-state index contributed by atoms with van der Waals surface area (Å²) in [6.07, 6.45) is 3.73. The summed E-state index contributed by atoms with van der Waals surface area (Å²) in [5, 5.41) is 0. The van der Waals surface area contributed by atoms with Crippen LogP contribution in [0.25, 0.3) is 0 Å². The fourth-order valence-electron chi connectivity index (χ4n) is 5.59. The summed E-state index contributed by atoms with van der Waals surface area (Å²) in [6.45, 7) is 5.65. The molecular formula is C21H30N4O4. The van der Waals surface area contributed by atoms with Crippen molar-refractivity contribution in [1.29, 1.82) is 0 Å². The van der Waals surface area contributed by atoms with Gasteiger partial charge in [0.15, 0.2) is 5.76 Å².